The molecule has 0 bridgehead atoms. The minimum absolute atomic E-state index is 0.0375. The van der Waals surface area contributed by atoms with Gasteiger partial charge in [0.15, 0.2) is 0 Å². The van der Waals surface area contributed by atoms with Crippen LogP contribution in [0.3, 0.4) is 0 Å². The molecule has 128 valence electrons. The number of ether oxygens (including phenoxy) is 3. The summed E-state index contributed by atoms with van der Waals surface area (Å²) in [4.78, 5) is 35.7. The predicted octanol–water partition coefficient (Wildman–Crippen LogP) is 1.56. The van der Waals surface area contributed by atoms with Gasteiger partial charge in [0.05, 0.1) is 19.9 Å². The third-order valence-corrected chi connectivity index (χ3v) is 4.01. The first-order chi connectivity index (χ1) is 11.4. The molecule has 10 heteroatoms. The molecule has 2 aromatic heterocycles. The molecule has 2 aromatic rings. The highest BCUT2D eigenvalue weighted by Crippen LogP contribution is 2.33. The number of aromatic nitrogens is 1. The quantitative estimate of drug-likeness (QED) is 0.627. The minimum Gasteiger partial charge on any atom is -0.465 e. The zero-order chi connectivity index (χ0) is 17.9. The molecule has 0 aromatic carbocycles. The standard InChI is InChI=1S/C14H14N2O7S/c1-6-4-8(23-16-6)12(17)22-5-7-9(13(18)20-2)11(15)24-10(7)14(19)21-3/h4H,5,15H2,1-3H3. The summed E-state index contributed by atoms with van der Waals surface area (Å²) in [5.41, 5.74) is 6.35. The van der Waals surface area contributed by atoms with Gasteiger partial charge in [-0.2, -0.15) is 0 Å². The van der Waals surface area contributed by atoms with Crippen LogP contribution >= 0.6 is 11.3 Å². The van der Waals surface area contributed by atoms with E-state index >= 15 is 0 Å². The van der Waals surface area contributed by atoms with Crippen LogP contribution in [0.5, 0.6) is 0 Å². The Kier molecular flexibility index (Phi) is 5.19. The Labute approximate surface area is 140 Å². The largest absolute Gasteiger partial charge is 0.465 e. The van der Waals surface area contributed by atoms with E-state index in [9.17, 15) is 14.4 Å². The molecule has 0 atom stereocenters. The number of aryl methyl sites for hydroxylation is 1. The zero-order valence-corrected chi connectivity index (χ0v) is 13.9. The van der Waals surface area contributed by atoms with Crippen LogP contribution in [0.15, 0.2) is 10.6 Å². The number of nitrogen functional groups attached to an aromatic ring is 1. The van der Waals surface area contributed by atoms with E-state index in [4.69, 9.17) is 15.0 Å². The first kappa shape index (κ1) is 17.5. The summed E-state index contributed by atoms with van der Waals surface area (Å²) in [6.45, 7) is 1.26. The molecule has 0 fully saturated rings. The van der Waals surface area contributed by atoms with Crippen LogP contribution in [0.4, 0.5) is 5.00 Å². The first-order valence-corrected chi connectivity index (χ1v) is 7.38. The van der Waals surface area contributed by atoms with Crippen LogP contribution in [0.2, 0.25) is 0 Å². The van der Waals surface area contributed by atoms with Crippen LogP contribution in [0.1, 0.15) is 41.8 Å². The summed E-state index contributed by atoms with van der Waals surface area (Å²) in [5.74, 6) is -2.36. The molecular weight excluding hydrogens is 340 g/mol. The number of anilines is 1. The maximum Gasteiger partial charge on any atom is 0.377 e. The maximum absolute atomic E-state index is 11.9. The molecular formula is C14H14N2O7S. The number of rotatable bonds is 5. The molecule has 0 aliphatic heterocycles. The van der Waals surface area contributed by atoms with E-state index < -0.39 is 17.9 Å². The van der Waals surface area contributed by atoms with Crippen LogP contribution in [-0.2, 0) is 20.8 Å². The topological polar surface area (TPSA) is 131 Å². The number of carbonyl (C=O) groups excluding carboxylic acids is 3. The number of carbonyl (C=O) groups is 3. The van der Waals surface area contributed by atoms with Gasteiger partial charge in [-0.25, -0.2) is 14.4 Å². The zero-order valence-electron chi connectivity index (χ0n) is 13.1. The molecule has 9 nitrogen and oxygen atoms in total. The van der Waals surface area contributed by atoms with E-state index in [1.54, 1.807) is 6.92 Å². The first-order valence-electron chi connectivity index (χ1n) is 6.57. The van der Waals surface area contributed by atoms with Crippen molar-refractivity contribution in [2.24, 2.45) is 0 Å². The van der Waals surface area contributed by atoms with Crippen molar-refractivity contribution in [1.29, 1.82) is 0 Å². The van der Waals surface area contributed by atoms with Crippen molar-refractivity contribution >= 4 is 34.2 Å². The van der Waals surface area contributed by atoms with Gasteiger partial charge < -0.3 is 24.5 Å². The van der Waals surface area contributed by atoms with E-state index in [1.165, 1.54) is 20.3 Å². The minimum atomic E-state index is -0.799. The third-order valence-electron chi connectivity index (χ3n) is 2.97. The summed E-state index contributed by atoms with van der Waals surface area (Å²) in [5, 5.41) is 3.63. The Morgan fingerprint density at radius 1 is 1.21 bits per heavy atom. The van der Waals surface area contributed by atoms with Crippen molar-refractivity contribution in [2.75, 3.05) is 20.0 Å². The van der Waals surface area contributed by atoms with Gasteiger partial charge in [0.2, 0.25) is 5.76 Å². The molecule has 2 rings (SSSR count). The number of nitrogens with two attached hydrogens (primary N) is 1. The van der Waals surface area contributed by atoms with Crippen LogP contribution < -0.4 is 5.73 Å². The fraction of sp³-hybridized carbons (Fsp3) is 0.286. The number of hydrogen-bond donors (Lipinski definition) is 1. The van der Waals surface area contributed by atoms with Gasteiger partial charge in [0.25, 0.3) is 0 Å². The molecule has 0 saturated heterocycles. The lowest BCUT2D eigenvalue weighted by Crippen LogP contribution is -2.12. The Morgan fingerprint density at radius 3 is 2.42 bits per heavy atom. The lowest BCUT2D eigenvalue weighted by atomic mass is 10.1. The number of esters is 3. The second kappa shape index (κ2) is 7.13. The van der Waals surface area contributed by atoms with Crippen molar-refractivity contribution in [3.8, 4) is 0 Å². The molecule has 0 aliphatic rings. The second-order valence-corrected chi connectivity index (χ2v) is 5.59. The summed E-state index contributed by atoms with van der Waals surface area (Å²) in [6, 6.07) is 1.40. The average Bonchev–Trinajstić information content (AvgIpc) is 3.14. The molecule has 0 saturated carbocycles. The molecule has 0 radical (unpaired) electrons. The molecule has 0 unspecified atom stereocenters. The molecule has 0 amide bonds. The van der Waals surface area contributed by atoms with E-state index in [2.05, 4.69) is 14.6 Å². The fourth-order valence-corrected chi connectivity index (χ4v) is 2.85. The lowest BCUT2D eigenvalue weighted by molar-refractivity contribution is 0.0410. The van der Waals surface area contributed by atoms with E-state index in [0.717, 1.165) is 11.3 Å². The Hall–Kier alpha value is -2.88. The normalized spacial score (nSPS) is 10.3. The molecule has 2 N–H and O–H groups in total. The number of thiophene rings is 1. The van der Waals surface area contributed by atoms with Crippen molar-refractivity contribution in [2.45, 2.75) is 13.5 Å². The van der Waals surface area contributed by atoms with E-state index in [0.29, 0.717) is 5.69 Å². The third kappa shape index (κ3) is 3.38. The highest BCUT2D eigenvalue weighted by Gasteiger charge is 2.28. The van der Waals surface area contributed by atoms with Gasteiger partial charge in [-0.3, -0.25) is 0 Å². The SMILES string of the molecule is COC(=O)c1sc(N)c(C(=O)OC)c1COC(=O)c1cc(C)no1. The van der Waals surface area contributed by atoms with Gasteiger partial charge in [-0.15, -0.1) is 11.3 Å². The Balaban J connectivity index is 2.31. The molecule has 0 aliphatic carbocycles. The van der Waals surface area contributed by atoms with Crippen molar-refractivity contribution in [3.63, 3.8) is 0 Å². The van der Waals surface area contributed by atoms with E-state index in [1.807, 2.05) is 0 Å². The predicted molar refractivity (Wildman–Crippen MR) is 81.8 cm³/mol. The van der Waals surface area contributed by atoms with Crippen LogP contribution in [-0.4, -0.2) is 37.3 Å². The summed E-state index contributed by atoms with van der Waals surface area (Å²) in [6.07, 6.45) is 0. The summed E-state index contributed by atoms with van der Waals surface area (Å²) in [7, 11) is 2.35. The smallest absolute Gasteiger partial charge is 0.377 e. The van der Waals surface area contributed by atoms with Crippen molar-refractivity contribution < 1.29 is 33.1 Å². The van der Waals surface area contributed by atoms with Gasteiger partial charge in [-0.05, 0) is 6.92 Å². The molecule has 0 spiro atoms. The van der Waals surface area contributed by atoms with Gasteiger partial charge in [-0.1, -0.05) is 5.16 Å². The lowest BCUT2D eigenvalue weighted by Gasteiger charge is -2.06. The average molecular weight is 354 g/mol. The van der Waals surface area contributed by atoms with Crippen molar-refractivity contribution in [1.82, 2.24) is 5.16 Å². The number of nitrogens with zero attached hydrogens (tertiary/aromatic N) is 1. The van der Waals surface area contributed by atoms with Gasteiger partial charge in [0.1, 0.15) is 22.0 Å². The second-order valence-electron chi connectivity index (χ2n) is 4.54. The number of methoxy groups -OCH3 is 2. The summed E-state index contributed by atoms with van der Waals surface area (Å²) >= 11 is 0.844. The summed E-state index contributed by atoms with van der Waals surface area (Å²) < 4.78 is 19.2. The van der Waals surface area contributed by atoms with Gasteiger partial charge in [0, 0.05) is 11.6 Å². The van der Waals surface area contributed by atoms with Crippen molar-refractivity contribution in [3.05, 3.63) is 33.5 Å². The maximum atomic E-state index is 11.9. The molecule has 2 heterocycles. The Morgan fingerprint density at radius 2 is 1.88 bits per heavy atom. The fourth-order valence-electron chi connectivity index (χ4n) is 1.87. The monoisotopic (exact) mass is 354 g/mol. The van der Waals surface area contributed by atoms with E-state index in [-0.39, 0.29) is 33.4 Å². The molecule has 24 heavy (non-hydrogen) atoms. The number of hydrogen-bond acceptors (Lipinski definition) is 10. The highest BCUT2D eigenvalue weighted by atomic mass is 32.1. The Bertz CT molecular complexity index is 793. The van der Waals surface area contributed by atoms with Crippen LogP contribution in [0, 0.1) is 6.92 Å². The van der Waals surface area contributed by atoms with Gasteiger partial charge >= 0.3 is 17.9 Å². The van der Waals surface area contributed by atoms with Crippen LogP contribution in [0.25, 0.3) is 0 Å². The highest BCUT2D eigenvalue weighted by molar-refractivity contribution is 7.18.